The first kappa shape index (κ1) is 66.6. The Morgan fingerprint density at radius 3 is 0.778 bits per heavy atom. The molecule has 0 saturated heterocycles. The fourth-order valence-electron chi connectivity index (χ4n) is 9.92. The first-order valence-corrected chi connectivity index (χ1v) is 28.0. The van der Waals surface area contributed by atoms with E-state index in [0.29, 0.717) is 52.6 Å². The molecule has 0 saturated carbocycles. The molecule has 7 aromatic rings. The lowest BCUT2D eigenvalue weighted by Crippen LogP contribution is -2.38. The summed E-state index contributed by atoms with van der Waals surface area (Å²) in [5.41, 5.74) is 15.2. The van der Waals surface area contributed by atoms with Crippen LogP contribution in [0, 0.1) is 37.1 Å². The van der Waals surface area contributed by atoms with E-state index < -0.39 is 0 Å². The average Bonchev–Trinajstić information content (AvgIpc) is 4.35. The Kier molecular flexibility index (Phi) is 28.2. The molecule has 12 nitrogen and oxygen atoms in total. The van der Waals surface area contributed by atoms with Crippen molar-refractivity contribution in [3.05, 3.63) is 182 Å². The van der Waals surface area contributed by atoms with Gasteiger partial charge in [-0.1, -0.05) is 53.4 Å². The van der Waals surface area contributed by atoms with E-state index in [4.69, 9.17) is 28.9 Å². The molecule has 0 fully saturated rings. The standard InChI is InChI=1S/C64H77N8O4.5CH3/c1-5-9-41-73-45-37-69-33-17-13-21-57(69)61-49-25-27-51(65-49)62(58-22-14-18-34-70(58)38-46-74-42-10-6-2)53-29-31-55(67-53)64(60-24-16-20-36-72(60)40-48-76-44-12-8-4)56-32-30-54(68-56)63(52-28-26-50(61)66-52)59-23-15-19-35-71(59)39-47-75-43-11-7-3;;;;;/h13-36H,5-12,37-48H2,1-4H3,(H,65,66,67,68);5*1H3/q+3;5*-1/p+1. The summed E-state index contributed by atoms with van der Waals surface area (Å²) < 4.78 is 33.9. The van der Waals surface area contributed by atoms with Crippen molar-refractivity contribution in [3.63, 3.8) is 0 Å². The van der Waals surface area contributed by atoms with Crippen molar-refractivity contribution in [2.75, 3.05) is 52.9 Å². The van der Waals surface area contributed by atoms with Crippen LogP contribution in [0.3, 0.4) is 0 Å². The minimum absolute atomic E-state index is 0. The van der Waals surface area contributed by atoms with E-state index in [0.717, 1.165) is 168 Å². The van der Waals surface area contributed by atoms with Gasteiger partial charge in [-0.25, -0.2) is 9.97 Å². The van der Waals surface area contributed by atoms with E-state index in [1.165, 1.54) is 0 Å². The molecule has 12 heteroatoms. The second-order valence-electron chi connectivity index (χ2n) is 19.5. The number of nitrogens with one attached hydrogen (secondary N) is 2. The van der Waals surface area contributed by atoms with Crippen LogP contribution in [0.15, 0.2) is 122 Å². The average molecular weight is 1100 g/mol. The van der Waals surface area contributed by atoms with Gasteiger partial charge in [0.2, 0.25) is 22.8 Å². The number of aromatic amines is 2. The molecule has 434 valence electrons. The summed E-state index contributed by atoms with van der Waals surface area (Å²) in [6.07, 6.45) is 25.8. The van der Waals surface area contributed by atoms with Crippen molar-refractivity contribution in [2.24, 2.45) is 0 Å². The smallest absolute Gasteiger partial charge is 0.216 e. The van der Waals surface area contributed by atoms with Crippen LogP contribution in [-0.2, 0) is 45.1 Å². The van der Waals surface area contributed by atoms with Gasteiger partial charge in [0.15, 0.2) is 51.0 Å². The number of ether oxygens (including phenoxy) is 4. The Balaban J connectivity index is 0.00000282. The molecule has 81 heavy (non-hydrogen) atoms. The number of hydrogen-bond donors (Lipinski definition) is 2. The first-order chi connectivity index (χ1) is 37.6. The third-order valence-electron chi connectivity index (χ3n) is 14.0. The maximum Gasteiger partial charge on any atom is 0.216 e. The molecule has 2 aliphatic rings. The summed E-state index contributed by atoms with van der Waals surface area (Å²) in [6, 6.07) is 34.5. The molecular formula is C69H93N8O4-. The maximum absolute atomic E-state index is 6.18. The monoisotopic (exact) mass is 1100 g/mol. The molecular weight excluding hydrogens is 1000 g/mol. The van der Waals surface area contributed by atoms with E-state index in [1.54, 1.807) is 0 Å². The van der Waals surface area contributed by atoms with Crippen molar-refractivity contribution >= 4 is 46.4 Å². The second kappa shape index (κ2) is 34.4. The van der Waals surface area contributed by atoms with Crippen molar-refractivity contribution in [1.82, 2.24) is 19.9 Å². The quantitative estimate of drug-likeness (QED) is 0.0287. The van der Waals surface area contributed by atoms with Gasteiger partial charge in [-0.05, 0) is 98.5 Å². The topological polar surface area (TPSA) is 110 Å². The van der Waals surface area contributed by atoms with Gasteiger partial charge in [0.05, 0.1) is 67.1 Å². The lowest BCUT2D eigenvalue weighted by atomic mass is 10.1. The number of fused-ring (bicyclic) bond motifs is 8. The van der Waals surface area contributed by atoms with E-state index in [-0.39, 0.29) is 37.1 Å². The molecule has 9 rings (SSSR count). The lowest BCUT2D eigenvalue weighted by molar-refractivity contribution is -0.688. The van der Waals surface area contributed by atoms with Gasteiger partial charge >= 0.3 is 0 Å². The Bertz CT molecular complexity index is 2850. The largest absolute Gasteiger partial charge is 0.375 e. The van der Waals surface area contributed by atoms with E-state index in [2.05, 4.69) is 202 Å². The van der Waals surface area contributed by atoms with Gasteiger partial charge in [-0.2, -0.15) is 18.3 Å². The lowest BCUT2D eigenvalue weighted by Gasteiger charge is -2.08. The number of pyridine rings is 4. The van der Waals surface area contributed by atoms with Gasteiger partial charge in [-0.3, -0.25) is 0 Å². The zero-order valence-electron chi connectivity index (χ0n) is 50.3. The van der Waals surface area contributed by atoms with Gasteiger partial charge < -0.3 is 66.0 Å². The number of nitrogens with zero attached hydrogens (tertiary/aromatic N) is 6. The zero-order chi connectivity index (χ0) is 52.3. The fourth-order valence-corrected chi connectivity index (χ4v) is 9.92. The molecule has 2 aliphatic heterocycles. The Labute approximate surface area is 486 Å². The highest BCUT2D eigenvalue weighted by molar-refractivity contribution is 5.97. The predicted octanol–water partition coefficient (Wildman–Crippen LogP) is 14.0. The number of H-pyrrole nitrogens is 2. The van der Waals surface area contributed by atoms with Crippen molar-refractivity contribution in [2.45, 2.75) is 105 Å². The van der Waals surface area contributed by atoms with Crippen molar-refractivity contribution < 1.29 is 37.2 Å². The van der Waals surface area contributed by atoms with Crippen LogP contribution in [0.4, 0.5) is 0 Å². The van der Waals surface area contributed by atoms with Crippen LogP contribution in [0.25, 0.3) is 91.4 Å². The number of aromatic nitrogens is 8. The van der Waals surface area contributed by atoms with Gasteiger partial charge in [0.25, 0.3) is 0 Å². The van der Waals surface area contributed by atoms with E-state index in [1.807, 2.05) is 0 Å². The summed E-state index contributed by atoms with van der Waals surface area (Å²) >= 11 is 0. The first-order valence-electron chi connectivity index (χ1n) is 28.0. The highest BCUT2D eigenvalue weighted by Crippen LogP contribution is 2.37. The molecule has 0 aliphatic carbocycles. The highest BCUT2D eigenvalue weighted by atomic mass is 16.5. The van der Waals surface area contributed by atoms with Crippen LogP contribution in [0.5, 0.6) is 0 Å². The summed E-state index contributed by atoms with van der Waals surface area (Å²) in [4.78, 5) is 19.4. The number of hydrogen-bond acceptors (Lipinski definition) is 6. The minimum atomic E-state index is 0. The SMILES string of the molecule is CCCCOCC[n+]1ccccc1-c1c2nc(c(-c3cccc[n+]3CCOCCCC)c3ccc([nH]3)c(-c3cccc[n+]3CCOCCCC)c3nc(c(-c4cccc[n+]4CCOCCCC)c4ccc1[nH]4)C=C3)C=C2.[CH3-].[CH3-].[CH3-].[CH3-].[CH3-]. The Hall–Kier alpha value is -6.96. The highest BCUT2D eigenvalue weighted by Gasteiger charge is 2.28. The van der Waals surface area contributed by atoms with Gasteiger partial charge in [0, 0.05) is 75.0 Å². The molecule has 8 bridgehead atoms. The molecule has 0 aromatic carbocycles. The van der Waals surface area contributed by atoms with Gasteiger partial charge in [-0.15, -0.1) is 0 Å². The Morgan fingerprint density at radius 1 is 0.321 bits per heavy atom. The molecule has 0 atom stereocenters. The summed E-state index contributed by atoms with van der Waals surface area (Å²) in [5.74, 6) is 0. The van der Waals surface area contributed by atoms with Crippen LogP contribution in [0.2, 0.25) is 0 Å². The van der Waals surface area contributed by atoms with Crippen molar-refractivity contribution in [1.29, 1.82) is 0 Å². The predicted molar refractivity (Wildman–Crippen MR) is 336 cm³/mol. The molecule has 2 N–H and O–H groups in total. The second-order valence-corrected chi connectivity index (χ2v) is 19.5. The molecule has 0 radical (unpaired) electrons. The summed E-state index contributed by atoms with van der Waals surface area (Å²) in [7, 11) is 0. The van der Waals surface area contributed by atoms with Crippen LogP contribution in [0.1, 0.15) is 102 Å². The molecule has 7 aromatic heterocycles. The number of unbranched alkanes of at least 4 members (excludes halogenated alkanes) is 4. The van der Waals surface area contributed by atoms with Crippen LogP contribution in [-0.4, -0.2) is 72.8 Å². The summed E-state index contributed by atoms with van der Waals surface area (Å²) in [5, 5.41) is 0. The van der Waals surface area contributed by atoms with Crippen LogP contribution >= 0.6 is 0 Å². The van der Waals surface area contributed by atoms with Gasteiger partial charge in [0.1, 0.15) is 26.4 Å². The van der Waals surface area contributed by atoms with E-state index in [9.17, 15) is 0 Å². The molecule has 0 amide bonds. The maximum atomic E-state index is 6.18. The molecule has 0 spiro atoms. The summed E-state index contributed by atoms with van der Waals surface area (Å²) in [6.45, 7) is 16.9. The Morgan fingerprint density at radius 2 is 0.556 bits per heavy atom. The third kappa shape index (κ3) is 16.6. The zero-order valence-corrected chi connectivity index (χ0v) is 50.3. The van der Waals surface area contributed by atoms with Crippen LogP contribution < -0.4 is 18.3 Å². The fraction of sp³-hybridized carbons (Fsp3) is 0.348. The normalized spacial score (nSPS) is 11.3. The van der Waals surface area contributed by atoms with E-state index >= 15 is 0 Å². The third-order valence-corrected chi connectivity index (χ3v) is 14.0. The number of rotatable bonds is 28. The molecule has 0 unspecified atom stereocenters. The minimum Gasteiger partial charge on any atom is -0.375 e. The molecule has 9 heterocycles. The van der Waals surface area contributed by atoms with Crippen molar-refractivity contribution in [3.8, 4) is 45.0 Å².